The number of fused-ring (bicyclic) bond motifs is 1. The highest BCUT2D eigenvalue weighted by molar-refractivity contribution is 8.15. The Bertz CT molecular complexity index is 1490. The average molecular weight is 529 g/mol. The van der Waals surface area contributed by atoms with Crippen molar-refractivity contribution in [3.05, 3.63) is 78.1 Å². The molecule has 3 aromatic carbocycles. The van der Waals surface area contributed by atoms with Crippen molar-refractivity contribution in [1.29, 1.82) is 0 Å². The van der Waals surface area contributed by atoms with Gasteiger partial charge < -0.3 is 18.9 Å². The lowest BCUT2D eigenvalue weighted by atomic mass is 10.1. The number of hydrogen-bond donors (Lipinski definition) is 1. The number of carbonyl (C=O) groups excluding carboxylic acids is 2. The summed E-state index contributed by atoms with van der Waals surface area (Å²) in [6.45, 7) is 2.51. The topological polar surface area (TPSA) is 85.7 Å². The predicted octanol–water partition coefficient (Wildman–Crippen LogP) is 5.44. The van der Waals surface area contributed by atoms with Gasteiger partial charge in [0.25, 0.3) is 5.24 Å². The first-order valence-corrected chi connectivity index (χ1v) is 13.6. The van der Waals surface area contributed by atoms with Crippen molar-refractivity contribution in [2.24, 2.45) is 7.05 Å². The lowest BCUT2D eigenvalue weighted by molar-refractivity contribution is -0.118. The third-order valence-electron chi connectivity index (χ3n) is 6.95. The van der Waals surface area contributed by atoms with Crippen LogP contribution in [-0.4, -0.2) is 39.0 Å². The summed E-state index contributed by atoms with van der Waals surface area (Å²) in [5, 5.41) is 1.66. The van der Waals surface area contributed by atoms with Gasteiger partial charge in [0.2, 0.25) is 5.91 Å². The molecule has 2 fully saturated rings. The third-order valence-corrected chi connectivity index (χ3v) is 7.93. The molecule has 6 rings (SSSR count). The zero-order chi connectivity index (χ0) is 26.1. The molecule has 9 heteroatoms. The molecule has 2 aliphatic rings. The molecule has 0 spiro atoms. The molecule has 2 amide bonds. The number of hydrogen-bond acceptors (Lipinski definition) is 7. The molecule has 1 N–H and O–H groups in total. The van der Waals surface area contributed by atoms with Crippen LogP contribution < -0.4 is 19.7 Å². The van der Waals surface area contributed by atoms with Gasteiger partial charge in [-0.1, -0.05) is 30.0 Å². The monoisotopic (exact) mass is 528 g/mol. The smallest absolute Gasteiger partial charge is 0.286 e. The van der Waals surface area contributed by atoms with Crippen molar-refractivity contribution in [3.8, 4) is 17.2 Å². The maximum Gasteiger partial charge on any atom is 0.286 e. The third kappa shape index (κ3) is 5.19. The van der Waals surface area contributed by atoms with E-state index in [1.807, 2.05) is 66.2 Å². The number of nitrogens with one attached hydrogen (secondary N) is 1. The highest BCUT2D eigenvalue weighted by Crippen LogP contribution is 2.30. The number of aryl methyl sites for hydroxylation is 1. The number of thioether (sulfide) groups is 1. The standard InChI is InChI=1S/C29H28N4O4S/c1-32-25-17-23(37-22-6-4-5-20(16-22)33-13-2-3-14-33)11-12-24(25)30-27(32)18-36-21-9-7-19(8-10-21)15-26-28(34)31-29(35)38-26/h4-12,16-17,26H,2-3,13-15,18H2,1H3,(H,31,34,35). The van der Waals surface area contributed by atoms with E-state index in [-0.39, 0.29) is 16.4 Å². The van der Waals surface area contributed by atoms with Gasteiger partial charge in [0, 0.05) is 38.0 Å². The Kier molecular flexibility index (Phi) is 6.68. The average Bonchev–Trinajstić information content (AvgIpc) is 3.64. The lowest BCUT2D eigenvalue weighted by Crippen LogP contribution is -2.25. The minimum atomic E-state index is -0.378. The van der Waals surface area contributed by atoms with E-state index >= 15 is 0 Å². The molecule has 38 heavy (non-hydrogen) atoms. The van der Waals surface area contributed by atoms with E-state index in [1.54, 1.807) is 0 Å². The van der Waals surface area contributed by atoms with Crippen LogP contribution >= 0.6 is 11.8 Å². The van der Waals surface area contributed by atoms with Gasteiger partial charge in [-0.3, -0.25) is 14.9 Å². The number of nitrogens with zero attached hydrogens (tertiary/aromatic N) is 3. The molecule has 8 nitrogen and oxygen atoms in total. The van der Waals surface area contributed by atoms with Crippen LogP contribution in [0.4, 0.5) is 10.5 Å². The van der Waals surface area contributed by atoms with E-state index in [1.165, 1.54) is 18.5 Å². The van der Waals surface area contributed by atoms with Crippen LogP contribution in [0.15, 0.2) is 66.7 Å². The lowest BCUT2D eigenvalue weighted by Gasteiger charge is -2.18. The number of carbonyl (C=O) groups is 2. The van der Waals surface area contributed by atoms with Crippen molar-refractivity contribution in [2.75, 3.05) is 18.0 Å². The van der Waals surface area contributed by atoms with Crippen molar-refractivity contribution in [1.82, 2.24) is 14.9 Å². The van der Waals surface area contributed by atoms with E-state index in [0.717, 1.165) is 58.8 Å². The Morgan fingerprint density at radius 3 is 2.50 bits per heavy atom. The molecule has 0 radical (unpaired) electrons. The Hall–Kier alpha value is -3.98. The summed E-state index contributed by atoms with van der Waals surface area (Å²) < 4.78 is 14.2. The summed E-state index contributed by atoms with van der Waals surface area (Å²) in [5.74, 6) is 2.86. The van der Waals surface area contributed by atoms with Crippen LogP contribution in [0.3, 0.4) is 0 Å². The minimum absolute atomic E-state index is 0.230. The minimum Gasteiger partial charge on any atom is -0.486 e. The van der Waals surface area contributed by atoms with Gasteiger partial charge in [-0.25, -0.2) is 4.98 Å². The first kappa shape index (κ1) is 24.4. The number of imide groups is 1. The molecule has 1 unspecified atom stereocenters. The van der Waals surface area contributed by atoms with Crippen LogP contribution in [0.2, 0.25) is 0 Å². The Balaban J connectivity index is 1.10. The van der Waals surface area contributed by atoms with Crippen LogP contribution in [0.25, 0.3) is 11.0 Å². The van der Waals surface area contributed by atoms with Crippen LogP contribution in [0.5, 0.6) is 17.2 Å². The molecule has 3 heterocycles. The summed E-state index contributed by atoms with van der Waals surface area (Å²) in [5.41, 5.74) is 4.02. The number of benzene rings is 3. The summed E-state index contributed by atoms with van der Waals surface area (Å²) in [4.78, 5) is 30.3. The Labute approximate surface area is 224 Å². The molecule has 4 aromatic rings. The molecule has 194 valence electrons. The summed E-state index contributed by atoms with van der Waals surface area (Å²) in [6.07, 6.45) is 2.98. The molecule has 0 aliphatic carbocycles. The maximum atomic E-state index is 11.8. The number of aromatic nitrogens is 2. The molecular formula is C29H28N4O4S. The molecule has 2 aliphatic heterocycles. The van der Waals surface area contributed by atoms with Gasteiger partial charge in [-0.15, -0.1) is 0 Å². The fourth-order valence-electron chi connectivity index (χ4n) is 4.88. The van der Waals surface area contributed by atoms with Crippen molar-refractivity contribution in [3.63, 3.8) is 0 Å². The van der Waals surface area contributed by atoms with E-state index in [0.29, 0.717) is 18.8 Å². The maximum absolute atomic E-state index is 11.8. The zero-order valence-corrected chi connectivity index (χ0v) is 21.9. The number of amides is 2. The second kappa shape index (κ2) is 10.4. The van der Waals surface area contributed by atoms with Crippen molar-refractivity contribution in [2.45, 2.75) is 31.1 Å². The first-order valence-electron chi connectivity index (χ1n) is 12.7. The van der Waals surface area contributed by atoms with E-state index in [4.69, 9.17) is 14.5 Å². The van der Waals surface area contributed by atoms with Crippen molar-refractivity contribution >= 4 is 39.6 Å². The van der Waals surface area contributed by atoms with E-state index < -0.39 is 0 Å². The highest BCUT2D eigenvalue weighted by atomic mass is 32.2. The van der Waals surface area contributed by atoms with E-state index in [2.05, 4.69) is 22.3 Å². The number of ether oxygens (including phenoxy) is 2. The fraction of sp³-hybridized carbons (Fsp3) is 0.276. The van der Waals surface area contributed by atoms with Gasteiger partial charge in [0.1, 0.15) is 29.7 Å². The summed E-state index contributed by atoms with van der Waals surface area (Å²) in [7, 11) is 1.97. The van der Waals surface area contributed by atoms with Gasteiger partial charge in [-0.2, -0.15) is 0 Å². The quantitative estimate of drug-likeness (QED) is 0.326. The largest absolute Gasteiger partial charge is 0.486 e. The molecule has 0 saturated carbocycles. The Morgan fingerprint density at radius 1 is 0.974 bits per heavy atom. The van der Waals surface area contributed by atoms with Gasteiger partial charge in [0.05, 0.1) is 16.3 Å². The number of anilines is 1. The van der Waals surface area contributed by atoms with Gasteiger partial charge in [-0.05, 0) is 61.2 Å². The SMILES string of the molecule is Cn1c(COc2ccc(CC3SC(=O)NC3=O)cc2)nc2ccc(Oc3cccc(N4CCCC4)c3)cc21. The summed E-state index contributed by atoms with van der Waals surface area (Å²) in [6, 6.07) is 21.8. The van der Waals surface area contributed by atoms with Crippen LogP contribution in [0.1, 0.15) is 24.2 Å². The zero-order valence-electron chi connectivity index (χ0n) is 21.1. The summed E-state index contributed by atoms with van der Waals surface area (Å²) >= 11 is 1.04. The molecule has 1 aromatic heterocycles. The predicted molar refractivity (Wildman–Crippen MR) is 148 cm³/mol. The van der Waals surface area contributed by atoms with Gasteiger partial charge >= 0.3 is 0 Å². The highest BCUT2D eigenvalue weighted by Gasteiger charge is 2.31. The van der Waals surface area contributed by atoms with Crippen LogP contribution in [-0.2, 0) is 24.9 Å². The second-order valence-electron chi connectivity index (χ2n) is 9.55. The molecule has 2 saturated heterocycles. The first-order chi connectivity index (χ1) is 18.5. The molecule has 0 bridgehead atoms. The fourth-order valence-corrected chi connectivity index (χ4v) is 5.74. The van der Waals surface area contributed by atoms with E-state index in [9.17, 15) is 9.59 Å². The Morgan fingerprint density at radius 2 is 1.74 bits per heavy atom. The van der Waals surface area contributed by atoms with Gasteiger partial charge in [0.15, 0.2) is 0 Å². The molecule has 1 atom stereocenters. The second-order valence-corrected chi connectivity index (χ2v) is 10.7. The number of rotatable bonds is 8. The normalized spacial score (nSPS) is 17.3. The van der Waals surface area contributed by atoms with Crippen molar-refractivity contribution < 1.29 is 19.1 Å². The number of imidazole rings is 1. The molecular weight excluding hydrogens is 500 g/mol. The van der Waals surface area contributed by atoms with Crippen LogP contribution in [0, 0.1) is 0 Å².